The van der Waals surface area contributed by atoms with Crippen molar-refractivity contribution in [3.8, 4) is 0 Å². The Hall–Kier alpha value is -1.49. The van der Waals surface area contributed by atoms with Gasteiger partial charge in [-0.1, -0.05) is 13.8 Å². The number of aromatic carboxylic acids is 1. The van der Waals surface area contributed by atoms with Crippen LogP contribution in [0.1, 0.15) is 49.2 Å². The molecule has 2 atom stereocenters. The Bertz CT molecular complexity index is 440. The first kappa shape index (κ1) is 13.9. The second kappa shape index (κ2) is 6.10. The van der Waals surface area contributed by atoms with Crippen LogP contribution in [-0.4, -0.2) is 27.1 Å². The van der Waals surface area contributed by atoms with Gasteiger partial charge in [0.05, 0.1) is 5.69 Å². The van der Waals surface area contributed by atoms with Crippen LogP contribution in [0.5, 0.6) is 0 Å². The molecule has 2 N–H and O–H groups in total. The van der Waals surface area contributed by atoms with Gasteiger partial charge < -0.3 is 10.4 Å². The third-order valence-corrected chi connectivity index (χ3v) is 3.76. The standard InChI is InChI=1S/C14H21N3O2/c1-9-3-10(2)5-11(4-9)16-7-13-12(14(18)19)6-15-8-17-13/h6,8-11,16H,3-5,7H2,1-2H3,(H,18,19). The molecule has 5 heteroatoms. The molecule has 5 nitrogen and oxygen atoms in total. The molecule has 19 heavy (non-hydrogen) atoms. The first-order valence-electron chi connectivity index (χ1n) is 6.81. The minimum Gasteiger partial charge on any atom is -0.478 e. The summed E-state index contributed by atoms with van der Waals surface area (Å²) in [6.45, 7) is 5.05. The van der Waals surface area contributed by atoms with E-state index in [1.165, 1.54) is 18.9 Å². The summed E-state index contributed by atoms with van der Waals surface area (Å²) in [5, 5.41) is 12.5. The number of carboxylic acids is 1. The number of carbonyl (C=O) groups is 1. The van der Waals surface area contributed by atoms with Crippen LogP contribution in [0.15, 0.2) is 12.5 Å². The second-order valence-corrected chi connectivity index (χ2v) is 5.68. The Kier molecular flexibility index (Phi) is 4.47. The highest BCUT2D eigenvalue weighted by molar-refractivity contribution is 5.88. The molecule has 1 saturated carbocycles. The molecule has 0 aliphatic heterocycles. The molecule has 0 radical (unpaired) electrons. The Morgan fingerprint density at radius 2 is 2.05 bits per heavy atom. The summed E-state index contributed by atoms with van der Waals surface area (Å²) in [7, 11) is 0. The van der Waals surface area contributed by atoms with Gasteiger partial charge in [-0.2, -0.15) is 0 Å². The Morgan fingerprint density at radius 1 is 1.37 bits per heavy atom. The van der Waals surface area contributed by atoms with Gasteiger partial charge in [-0.15, -0.1) is 0 Å². The van der Waals surface area contributed by atoms with Crippen molar-refractivity contribution in [2.45, 2.75) is 45.7 Å². The van der Waals surface area contributed by atoms with Gasteiger partial charge in [-0.25, -0.2) is 14.8 Å². The zero-order chi connectivity index (χ0) is 13.8. The lowest BCUT2D eigenvalue weighted by Gasteiger charge is -2.32. The maximum Gasteiger partial charge on any atom is 0.339 e. The van der Waals surface area contributed by atoms with Gasteiger partial charge in [-0.3, -0.25) is 0 Å². The molecular formula is C14H21N3O2. The lowest BCUT2D eigenvalue weighted by Crippen LogP contribution is -2.36. The van der Waals surface area contributed by atoms with E-state index in [-0.39, 0.29) is 5.56 Å². The number of rotatable bonds is 4. The molecule has 2 unspecified atom stereocenters. The summed E-state index contributed by atoms with van der Waals surface area (Å²) in [6, 6.07) is 0.454. The summed E-state index contributed by atoms with van der Waals surface area (Å²) in [6.07, 6.45) is 6.34. The van der Waals surface area contributed by atoms with Crippen LogP contribution in [-0.2, 0) is 6.54 Å². The first-order chi connectivity index (χ1) is 9.06. The van der Waals surface area contributed by atoms with Crippen LogP contribution in [0.3, 0.4) is 0 Å². The fourth-order valence-corrected chi connectivity index (χ4v) is 3.03. The van der Waals surface area contributed by atoms with Gasteiger partial charge in [-0.05, 0) is 31.1 Å². The largest absolute Gasteiger partial charge is 0.478 e. The van der Waals surface area contributed by atoms with Crippen LogP contribution >= 0.6 is 0 Å². The predicted octanol–water partition coefficient (Wildman–Crippen LogP) is 2.09. The van der Waals surface area contributed by atoms with Crippen molar-refractivity contribution in [3.05, 3.63) is 23.8 Å². The third kappa shape index (κ3) is 3.73. The number of nitrogens with zero attached hydrogens (tertiary/aromatic N) is 2. The van der Waals surface area contributed by atoms with Gasteiger partial charge in [0.2, 0.25) is 0 Å². The molecular weight excluding hydrogens is 242 g/mol. The van der Waals surface area contributed by atoms with Crippen LogP contribution in [0.4, 0.5) is 0 Å². The molecule has 0 bridgehead atoms. The highest BCUT2D eigenvalue weighted by atomic mass is 16.4. The molecule has 0 aromatic carbocycles. The summed E-state index contributed by atoms with van der Waals surface area (Å²) in [5.74, 6) is 0.485. The summed E-state index contributed by atoms with van der Waals surface area (Å²) in [5.41, 5.74) is 0.750. The molecule has 1 aliphatic carbocycles. The molecule has 1 heterocycles. The van der Waals surface area contributed by atoms with E-state index in [1.54, 1.807) is 0 Å². The van der Waals surface area contributed by atoms with Crippen LogP contribution in [0.25, 0.3) is 0 Å². The lowest BCUT2D eigenvalue weighted by atomic mass is 9.80. The number of carboxylic acid groups (broad SMARTS) is 1. The SMILES string of the molecule is CC1CC(C)CC(NCc2ncncc2C(=O)O)C1. The Morgan fingerprint density at radius 3 is 2.68 bits per heavy atom. The fourth-order valence-electron chi connectivity index (χ4n) is 3.03. The average Bonchev–Trinajstić information content (AvgIpc) is 2.35. The zero-order valence-corrected chi connectivity index (χ0v) is 11.5. The monoisotopic (exact) mass is 263 g/mol. The van der Waals surface area contributed by atoms with E-state index in [2.05, 4.69) is 29.1 Å². The highest BCUT2D eigenvalue weighted by Crippen LogP contribution is 2.28. The quantitative estimate of drug-likeness (QED) is 0.870. The number of hydrogen-bond donors (Lipinski definition) is 2. The number of aromatic nitrogens is 2. The van der Waals surface area contributed by atoms with Crippen LogP contribution in [0.2, 0.25) is 0 Å². The molecule has 2 rings (SSSR count). The van der Waals surface area contributed by atoms with E-state index in [1.807, 2.05) is 0 Å². The van der Waals surface area contributed by atoms with Gasteiger partial charge in [0.25, 0.3) is 0 Å². The molecule has 104 valence electrons. The molecule has 0 spiro atoms. The van der Waals surface area contributed by atoms with Gasteiger partial charge in [0.1, 0.15) is 11.9 Å². The van der Waals surface area contributed by atoms with Gasteiger partial charge in [0, 0.05) is 18.8 Å². The smallest absolute Gasteiger partial charge is 0.339 e. The lowest BCUT2D eigenvalue weighted by molar-refractivity contribution is 0.0694. The highest BCUT2D eigenvalue weighted by Gasteiger charge is 2.24. The average molecular weight is 263 g/mol. The van der Waals surface area contributed by atoms with Crippen molar-refractivity contribution in [1.82, 2.24) is 15.3 Å². The van der Waals surface area contributed by atoms with Gasteiger partial charge >= 0.3 is 5.97 Å². The minimum absolute atomic E-state index is 0.187. The maximum absolute atomic E-state index is 11.1. The van der Waals surface area contributed by atoms with Crippen molar-refractivity contribution in [3.63, 3.8) is 0 Å². The molecule has 1 aliphatic rings. The van der Waals surface area contributed by atoms with Crippen LogP contribution in [0, 0.1) is 11.8 Å². The Labute approximate surface area is 113 Å². The Balaban J connectivity index is 1.97. The van der Waals surface area contributed by atoms with Crippen molar-refractivity contribution in [2.24, 2.45) is 11.8 Å². The summed E-state index contributed by atoms with van der Waals surface area (Å²) >= 11 is 0. The summed E-state index contributed by atoms with van der Waals surface area (Å²) in [4.78, 5) is 18.9. The fraction of sp³-hybridized carbons (Fsp3) is 0.643. The van der Waals surface area contributed by atoms with E-state index in [9.17, 15) is 4.79 Å². The van der Waals surface area contributed by atoms with Crippen LogP contribution < -0.4 is 5.32 Å². The van der Waals surface area contributed by atoms with Gasteiger partial charge in [0.15, 0.2) is 0 Å². The van der Waals surface area contributed by atoms with Crippen molar-refractivity contribution in [1.29, 1.82) is 0 Å². The van der Waals surface area contributed by atoms with Crippen molar-refractivity contribution >= 4 is 5.97 Å². The normalized spacial score (nSPS) is 27.2. The minimum atomic E-state index is -0.970. The molecule has 0 saturated heterocycles. The molecule has 0 amide bonds. The predicted molar refractivity (Wildman–Crippen MR) is 71.8 cm³/mol. The van der Waals surface area contributed by atoms with E-state index < -0.39 is 5.97 Å². The van der Waals surface area contributed by atoms with E-state index in [0.29, 0.717) is 18.3 Å². The third-order valence-electron chi connectivity index (χ3n) is 3.76. The van der Waals surface area contributed by atoms with E-state index in [4.69, 9.17) is 5.11 Å². The number of hydrogen-bond acceptors (Lipinski definition) is 4. The molecule has 1 fully saturated rings. The molecule has 1 aromatic rings. The second-order valence-electron chi connectivity index (χ2n) is 5.68. The summed E-state index contributed by atoms with van der Waals surface area (Å²) < 4.78 is 0. The zero-order valence-electron chi connectivity index (χ0n) is 11.5. The maximum atomic E-state index is 11.1. The van der Waals surface area contributed by atoms with Crippen molar-refractivity contribution in [2.75, 3.05) is 0 Å². The molecule has 1 aromatic heterocycles. The van der Waals surface area contributed by atoms with E-state index >= 15 is 0 Å². The first-order valence-corrected chi connectivity index (χ1v) is 6.81. The number of nitrogens with one attached hydrogen (secondary N) is 1. The van der Waals surface area contributed by atoms with Crippen molar-refractivity contribution < 1.29 is 9.90 Å². The van der Waals surface area contributed by atoms with E-state index in [0.717, 1.165) is 24.7 Å². The topological polar surface area (TPSA) is 75.1 Å².